The summed E-state index contributed by atoms with van der Waals surface area (Å²) in [7, 11) is 3.51. The van der Waals surface area contributed by atoms with Crippen LogP contribution in [-0.4, -0.2) is 60.7 Å². The van der Waals surface area contributed by atoms with Crippen molar-refractivity contribution in [1.82, 2.24) is 15.1 Å². The third kappa shape index (κ3) is 4.42. The minimum Gasteiger partial charge on any atom is -0.387 e. The third-order valence-electron chi connectivity index (χ3n) is 4.00. The van der Waals surface area contributed by atoms with Gasteiger partial charge in [-0.1, -0.05) is 12.1 Å². The molecule has 2 amide bonds. The van der Waals surface area contributed by atoms with E-state index >= 15 is 0 Å². The van der Waals surface area contributed by atoms with Gasteiger partial charge in [0.05, 0.1) is 6.10 Å². The zero-order valence-electron chi connectivity index (χ0n) is 13.1. The lowest BCUT2D eigenvalue weighted by Gasteiger charge is -2.34. The van der Waals surface area contributed by atoms with Crippen molar-refractivity contribution in [1.29, 1.82) is 0 Å². The summed E-state index contributed by atoms with van der Waals surface area (Å²) in [5.41, 5.74) is 0.703. The maximum Gasteiger partial charge on any atom is 0.319 e. The highest BCUT2D eigenvalue weighted by atomic mass is 19.1. The number of amides is 2. The molecule has 5 nitrogen and oxygen atoms in total. The molecule has 1 aromatic carbocycles. The summed E-state index contributed by atoms with van der Waals surface area (Å²) in [5, 5.41) is 13.4. The molecular weight excluding hydrogens is 285 g/mol. The molecule has 2 rings (SSSR count). The smallest absolute Gasteiger partial charge is 0.319 e. The highest BCUT2D eigenvalue weighted by Crippen LogP contribution is 2.15. The van der Waals surface area contributed by atoms with Crippen LogP contribution in [0.5, 0.6) is 0 Å². The summed E-state index contributed by atoms with van der Waals surface area (Å²) in [4.78, 5) is 15.3. The number of piperidine rings is 1. The molecule has 1 unspecified atom stereocenters. The van der Waals surface area contributed by atoms with Crippen molar-refractivity contribution in [2.75, 3.05) is 33.7 Å². The summed E-state index contributed by atoms with van der Waals surface area (Å²) in [6, 6.07) is 6.24. The number of carbonyl (C=O) groups excluding carboxylic acids is 1. The number of nitrogens with zero attached hydrogens (tertiary/aromatic N) is 2. The normalized spacial score (nSPS) is 17.4. The van der Waals surface area contributed by atoms with Gasteiger partial charge in [-0.25, -0.2) is 9.18 Å². The molecule has 6 heteroatoms. The van der Waals surface area contributed by atoms with Crippen molar-refractivity contribution in [3.63, 3.8) is 0 Å². The molecule has 0 aromatic heterocycles. The molecular formula is C16H24FN3O2. The van der Waals surface area contributed by atoms with E-state index in [0.717, 1.165) is 25.9 Å². The molecule has 1 aliphatic heterocycles. The molecule has 0 saturated carbocycles. The Kier molecular flexibility index (Phi) is 5.74. The van der Waals surface area contributed by atoms with Crippen molar-refractivity contribution < 1.29 is 14.3 Å². The van der Waals surface area contributed by atoms with E-state index < -0.39 is 6.10 Å². The fraction of sp³-hybridized carbons (Fsp3) is 0.562. The van der Waals surface area contributed by atoms with Crippen LogP contribution in [0.3, 0.4) is 0 Å². The fourth-order valence-electron chi connectivity index (χ4n) is 2.64. The van der Waals surface area contributed by atoms with Crippen molar-refractivity contribution >= 4 is 6.03 Å². The quantitative estimate of drug-likeness (QED) is 0.888. The fourth-order valence-corrected chi connectivity index (χ4v) is 2.64. The van der Waals surface area contributed by atoms with Crippen LogP contribution >= 0.6 is 0 Å². The molecule has 1 saturated heterocycles. The van der Waals surface area contributed by atoms with Gasteiger partial charge in [0.1, 0.15) is 5.82 Å². The number of urea groups is 1. The Morgan fingerprint density at radius 3 is 2.50 bits per heavy atom. The Balaban J connectivity index is 1.74. The van der Waals surface area contributed by atoms with Crippen LogP contribution in [-0.2, 0) is 0 Å². The van der Waals surface area contributed by atoms with Crippen LogP contribution in [0.1, 0.15) is 24.5 Å². The Hall–Kier alpha value is -1.66. The van der Waals surface area contributed by atoms with E-state index in [-0.39, 0.29) is 11.8 Å². The van der Waals surface area contributed by atoms with Crippen LogP contribution in [0.25, 0.3) is 0 Å². The van der Waals surface area contributed by atoms with Gasteiger partial charge in [-0.15, -0.1) is 0 Å². The molecule has 1 aromatic rings. The minimum absolute atomic E-state index is 0.0461. The van der Waals surface area contributed by atoms with Gasteiger partial charge in [0.2, 0.25) is 0 Å². The largest absolute Gasteiger partial charge is 0.387 e. The number of nitrogens with one attached hydrogen (secondary N) is 1. The topological polar surface area (TPSA) is 55.8 Å². The van der Waals surface area contributed by atoms with Crippen molar-refractivity contribution in [3.05, 3.63) is 35.6 Å². The molecule has 0 radical (unpaired) electrons. The number of carbonyl (C=O) groups is 1. The predicted octanol–water partition coefficient (Wildman–Crippen LogP) is 1.59. The van der Waals surface area contributed by atoms with Gasteiger partial charge in [0.25, 0.3) is 0 Å². The van der Waals surface area contributed by atoms with E-state index in [4.69, 9.17) is 0 Å². The van der Waals surface area contributed by atoms with E-state index in [2.05, 4.69) is 5.32 Å². The standard InChI is InChI=1S/C16H24FN3O2/c1-19(2)16(22)20-9-7-14(8-10-20)18-11-15(21)12-3-5-13(17)6-4-12/h3-6,14-15,18,21H,7-11H2,1-2H3. The first-order valence-electron chi connectivity index (χ1n) is 7.60. The number of hydrogen-bond acceptors (Lipinski definition) is 3. The third-order valence-corrected chi connectivity index (χ3v) is 4.00. The lowest BCUT2D eigenvalue weighted by atomic mass is 10.0. The number of aliphatic hydroxyl groups excluding tert-OH is 1. The molecule has 22 heavy (non-hydrogen) atoms. The molecule has 0 aliphatic carbocycles. The number of rotatable bonds is 4. The van der Waals surface area contributed by atoms with Gasteiger partial charge in [-0.2, -0.15) is 0 Å². The summed E-state index contributed by atoms with van der Waals surface area (Å²) < 4.78 is 12.9. The minimum atomic E-state index is -0.651. The molecule has 0 spiro atoms. The molecule has 122 valence electrons. The van der Waals surface area contributed by atoms with Gasteiger partial charge < -0.3 is 20.2 Å². The first kappa shape index (κ1) is 16.7. The lowest BCUT2D eigenvalue weighted by Crippen LogP contribution is -2.48. The van der Waals surface area contributed by atoms with Crippen molar-refractivity contribution in [3.8, 4) is 0 Å². The molecule has 1 aliphatic rings. The highest BCUT2D eigenvalue weighted by Gasteiger charge is 2.23. The molecule has 1 heterocycles. The van der Waals surface area contributed by atoms with Gasteiger partial charge >= 0.3 is 6.03 Å². The van der Waals surface area contributed by atoms with Crippen molar-refractivity contribution in [2.45, 2.75) is 25.0 Å². The second-order valence-electron chi connectivity index (χ2n) is 5.91. The number of likely N-dealkylation sites (tertiary alicyclic amines) is 1. The molecule has 1 atom stereocenters. The zero-order valence-corrected chi connectivity index (χ0v) is 13.1. The average Bonchev–Trinajstić information content (AvgIpc) is 2.53. The summed E-state index contributed by atoms with van der Waals surface area (Å²) in [6.45, 7) is 1.88. The van der Waals surface area contributed by atoms with Gasteiger partial charge in [0, 0.05) is 39.8 Å². The summed E-state index contributed by atoms with van der Waals surface area (Å²) in [5.74, 6) is -0.304. The number of hydrogen-bond donors (Lipinski definition) is 2. The van der Waals surface area contributed by atoms with Gasteiger partial charge in [-0.3, -0.25) is 0 Å². The summed E-state index contributed by atoms with van der Waals surface area (Å²) in [6.07, 6.45) is 1.09. The SMILES string of the molecule is CN(C)C(=O)N1CCC(NCC(O)c2ccc(F)cc2)CC1. The van der Waals surface area contributed by atoms with Crippen LogP contribution in [0.15, 0.2) is 24.3 Å². The zero-order chi connectivity index (χ0) is 16.1. The summed E-state index contributed by atoms with van der Waals surface area (Å²) >= 11 is 0. The first-order valence-corrected chi connectivity index (χ1v) is 7.60. The molecule has 2 N–H and O–H groups in total. The second-order valence-corrected chi connectivity index (χ2v) is 5.91. The Morgan fingerprint density at radius 1 is 1.36 bits per heavy atom. The van der Waals surface area contributed by atoms with Crippen LogP contribution in [0.4, 0.5) is 9.18 Å². The predicted molar refractivity (Wildman–Crippen MR) is 83.0 cm³/mol. The van der Waals surface area contributed by atoms with Crippen LogP contribution in [0, 0.1) is 5.82 Å². The Labute approximate surface area is 130 Å². The lowest BCUT2D eigenvalue weighted by molar-refractivity contribution is 0.140. The molecule has 0 bridgehead atoms. The van der Waals surface area contributed by atoms with E-state index in [9.17, 15) is 14.3 Å². The molecule has 1 fully saturated rings. The maximum atomic E-state index is 12.9. The monoisotopic (exact) mass is 309 g/mol. The maximum absolute atomic E-state index is 12.9. The van der Waals surface area contributed by atoms with Gasteiger partial charge in [0.15, 0.2) is 0 Å². The van der Waals surface area contributed by atoms with E-state index in [1.165, 1.54) is 12.1 Å². The second kappa shape index (κ2) is 7.56. The average molecular weight is 309 g/mol. The number of halogens is 1. The van der Waals surface area contributed by atoms with Crippen molar-refractivity contribution in [2.24, 2.45) is 0 Å². The van der Waals surface area contributed by atoms with Crippen LogP contribution < -0.4 is 5.32 Å². The Morgan fingerprint density at radius 2 is 1.95 bits per heavy atom. The van der Waals surface area contributed by atoms with E-state index in [0.29, 0.717) is 18.2 Å². The van der Waals surface area contributed by atoms with E-state index in [1.807, 2.05) is 4.90 Å². The Bertz CT molecular complexity index is 485. The highest BCUT2D eigenvalue weighted by molar-refractivity contribution is 5.73. The van der Waals surface area contributed by atoms with Gasteiger partial charge in [-0.05, 0) is 30.5 Å². The van der Waals surface area contributed by atoms with E-state index in [1.54, 1.807) is 31.1 Å². The number of aliphatic hydroxyl groups is 1. The van der Waals surface area contributed by atoms with Crippen LogP contribution in [0.2, 0.25) is 0 Å². The first-order chi connectivity index (χ1) is 10.5. The number of benzene rings is 1.